The molecule has 0 bridgehead atoms. The highest BCUT2D eigenvalue weighted by Crippen LogP contribution is 2.13. The van der Waals surface area contributed by atoms with E-state index in [1.807, 2.05) is 0 Å². The van der Waals surface area contributed by atoms with E-state index in [0.717, 1.165) is 0 Å². The summed E-state index contributed by atoms with van der Waals surface area (Å²) in [4.78, 5) is 7.70. The third-order valence-corrected chi connectivity index (χ3v) is 1.68. The molecule has 0 radical (unpaired) electrons. The lowest BCUT2D eigenvalue weighted by atomic mass is 10.3. The summed E-state index contributed by atoms with van der Waals surface area (Å²) in [5, 5.41) is 19.7. The lowest BCUT2D eigenvalue weighted by Crippen LogP contribution is -2.09. The van der Waals surface area contributed by atoms with Crippen molar-refractivity contribution in [3.8, 4) is 0 Å². The van der Waals surface area contributed by atoms with Gasteiger partial charge in [-0.3, -0.25) is 9.78 Å². The molecule has 2 N–H and O–H groups in total. The molecule has 2 aromatic rings. The van der Waals surface area contributed by atoms with Gasteiger partial charge in [-0.1, -0.05) is 0 Å². The fraction of sp³-hybridized carbons (Fsp3) is 0.333. The second kappa shape index (κ2) is 2.94. The largest absolute Gasteiger partial charge is 0.377 e. The average Bonchev–Trinajstić information content (AvgIpc) is 2.72. The molecule has 0 spiro atoms. The van der Waals surface area contributed by atoms with Crippen molar-refractivity contribution in [3.63, 3.8) is 0 Å². The van der Waals surface area contributed by atoms with Crippen LogP contribution in [-0.2, 0) is 7.05 Å². The van der Waals surface area contributed by atoms with Gasteiger partial charge in [0.2, 0.25) is 0 Å². The summed E-state index contributed by atoms with van der Waals surface area (Å²) in [7, 11) is 1.70. The molecule has 1 atom stereocenters. The quantitative estimate of drug-likeness (QED) is 0.619. The summed E-state index contributed by atoms with van der Waals surface area (Å²) >= 11 is 0. The molecular weight excluding hydrogens is 172 g/mol. The molecule has 0 saturated carbocycles. The van der Waals surface area contributed by atoms with Crippen LogP contribution in [0.4, 0.5) is 0 Å². The van der Waals surface area contributed by atoms with Gasteiger partial charge in [-0.05, 0) is 0 Å². The van der Waals surface area contributed by atoms with Crippen LogP contribution in [0.1, 0.15) is 17.8 Å². The third-order valence-electron chi connectivity index (χ3n) is 1.68. The van der Waals surface area contributed by atoms with Crippen LogP contribution in [0, 0.1) is 0 Å². The van der Waals surface area contributed by atoms with Gasteiger partial charge >= 0.3 is 0 Å². The first kappa shape index (κ1) is 7.87. The Bertz CT molecular complexity index is 379. The lowest BCUT2D eigenvalue weighted by molar-refractivity contribution is 0.195. The molecule has 7 heteroatoms. The zero-order valence-electron chi connectivity index (χ0n) is 6.92. The minimum atomic E-state index is -0.907. The maximum Gasteiger partial charge on any atom is 0.172 e. The van der Waals surface area contributed by atoms with Gasteiger partial charge in [0.05, 0.1) is 0 Å². The van der Waals surface area contributed by atoms with E-state index in [-0.39, 0.29) is 0 Å². The number of nitrogens with one attached hydrogen (secondary N) is 1. The van der Waals surface area contributed by atoms with Crippen LogP contribution in [0.5, 0.6) is 0 Å². The van der Waals surface area contributed by atoms with Gasteiger partial charge in [-0.25, -0.2) is 9.97 Å². The van der Waals surface area contributed by atoms with E-state index < -0.39 is 6.10 Å². The van der Waals surface area contributed by atoms with Crippen LogP contribution < -0.4 is 0 Å². The first-order chi connectivity index (χ1) is 6.29. The van der Waals surface area contributed by atoms with Gasteiger partial charge in [0.15, 0.2) is 17.8 Å². The smallest absolute Gasteiger partial charge is 0.172 e. The fourth-order valence-electron chi connectivity index (χ4n) is 1.02. The number of H-pyrrole nitrogens is 1. The molecule has 0 aliphatic rings. The summed E-state index contributed by atoms with van der Waals surface area (Å²) in [5.41, 5.74) is 0. The second-order valence-corrected chi connectivity index (χ2v) is 2.52. The van der Waals surface area contributed by atoms with Crippen LogP contribution >= 0.6 is 0 Å². The number of nitrogens with zero attached hydrogens (tertiary/aromatic N) is 5. The number of aromatic nitrogens is 6. The number of aromatic amines is 1. The Morgan fingerprint density at radius 2 is 2.31 bits per heavy atom. The predicted molar refractivity (Wildman–Crippen MR) is 41.4 cm³/mol. The van der Waals surface area contributed by atoms with E-state index in [1.165, 1.54) is 17.3 Å². The molecule has 2 aromatic heterocycles. The predicted octanol–water partition coefficient (Wildman–Crippen LogP) is -0.985. The van der Waals surface area contributed by atoms with E-state index in [9.17, 15) is 5.11 Å². The van der Waals surface area contributed by atoms with Crippen molar-refractivity contribution in [1.29, 1.82) is 0 Å². The van der Waals surface area contributed by atoms with Gasteiger partial charge in [0.25, 0.3) is 0 Å². The summed E-state index contributed by atoms with van der Waals surface area (Å²) < 4.78 is 1.48. The standard InChI is InChI=1S/C6H8N6O/c1-12-6(8-3-10-12)4(13)5-7-2-9-11-5/h2-4,13H,1H3,(H,7,9,11). The Labute approximate surface area is 73.5 Å². The van der Waals surface area contributed by atoms with Crippen LogP contribution in [0.2, 0.25) is 0 Å². The Kier molecular flexibility index (Phi) is 1.78. The van der Waals surface area contributed by atoms with E-state index in [2.05, 4.69) is 25.3 Å². The zero-order chi connectivity index (χ0) is 9.26. The molecule has 68 valence electrons. The molecule has 0 aliphatic carbocycles. The Balaban J connectivity index is 2.33. The Morgan fingerprint density at radius 1 is 1.46 bits per heavy atom. The topological polar surface area (TPSA) is 92.5 Å². The van der Waals surface area contributed by atoms with Crippen molar-refractivity contribution in [2.24, 2.45) is 7.05 Å². The number of aryl methyl sites for hydroxylation is 1. The van der Waals surface area contributed by atoms with Crippen molar-refractivity contribution in [3.05, 3.63) is 24.3 Å². The molecule has 0 saturated heterocycles. The first-order valence-corrected chi connectivity index (χ1v) is 3.66. The Morgan fingerprint density at radius 3 is 2.85 bits per heavy atom. The molecule has 2 heterocycles. The summed E-state index contributed by atoms with van der Waals surface area (Å²) in [6, 6.07) is 0. The SMILES string of the molecule is Cn1ncnc1C(O)c1ncn[nH]1. The maximum absolute atomic E-state index is 9.69. The van der Waals surface area contributed by atoms with E-state index in [1.54, 1.807) is 7.05 Å². The van der Waals surface area contributed by atoms with Gasteiger partial charge in [-0.15, -0.1) is 0 Å². The number of hydrogen-bond donors (Lipinski definition) is 2. The lowest BCUT2D eigenvalue weighted by Gasteiger charge is -2.04. The summed E-state index contributed by atoms with van der Waals surface area (Å²) in [6.45, 7) is 0. The van der Waals surface area contributed by atoms with Gasteiger partial charge in [0, 0.05) is 7.05 Å². The number of aliphatic hydroxyl groups excluding tert-OH is 1. The van der Waals surface area contributed by atoms with Gasteiger partial charge in [0.1, 0.15) is 12.7 Å². The summed E-state index contributed by atoms with van der Waals surface area (Å²) in [5.74, 6) is 0.785. The van der Waals surface area contributed by atoms with Crippen LogP contribution in [-0.4, -0.2) is 35.1 Å². The molecule has 13 heavy (non-hydrogen) atoms. The highest BCUT2D eigenvalue weighted by atomic mass is 16.3. The number of hydrogen-bond acceptors (Lipinski definition) is 5. The average molecular weight is 180 g/mol. The second-order valence-electron chi connectivity index (χ2n) is 2.52. The van der Waals surface area contributed by atoms with E-state index >= 15 is 0 Å². The van der Waals surface area contributed by atoms with Gasteiger partial charge in [-0.2, -0.15) is 10.2 Å². The molecule has 7 nitrogen and oxygen atoms in total. The van der Waals surface area contributed by atoms with E-state index in [4.69, 9.17) is 0 Å². The normalized spacial score (nSPS) is 13.1. The molecule has 0 aromatic carbocycles. The highest BCUT2D eigenvalue weighted by Gasteiger charge is 2.17. The molecule has 0 aliphatic heterocycles. The molecule has 0 fully saturated rings. The van der Waals surface area contributed by atoms with E-state index in [0.29, 0.717) is 11.6 Å². The zero-order valence-corrected chi connectivity index (χ0v) is 6.92. The monoisotopic (exact) mass is 180 g/mol. The molecule has 0 amide bonds. The van der Waals surface area contributed by atoms with Gasteiger partial charge < -0.3 is 5.11 Å². The number of rotatable bonds is 2. The van der Waals surface area contributed by atoms with Crippen LogP contribution in [0.3, 0.4) is 0 Å². The van der Waals surface area contributed by atoms with Crippen molar-refractivity contribution >= 4 is 0 Å². The maximum atomic E-state index is 9.69. The van der Waals surface area contributed by atoms with Crippen molar-refractivity contribution < 1.29 is 5.11 Å². The van der Waals surface area contributed by atoms with Crippen LogP contribution in [0.15, 0.2) is 12.7 Å². The summed E-state index contributed by atoms with van der Waals surface area (Å²) in [6.07, 6.45) is 1.79. The van der Waals surface area contributed by atoms with Crippen LogP contribution in [0.25, 0.3) is 0 Å². The number of aliphatic hydroxyl groups is 1. The first-order valence-electron chi connectivity index (χ1n) is 3.66. The fourth-order valence-corrected chi connectivity index (χ4v) is 1.02. The Hall–Kier alpha value is -1.76. The molecule has 2 rings (SSSR count). The molecular formula is C6H8N6O. The minimum Gasteiger partial charge on any atom is -0.377 e. The highest BCUT2D eigenvalue weighted by molar-refractivity contribution is 5.03. The molecule has 1 unspecified atom stereocenters. The van der Waals surface area contributed by atoms with Crippen molar-refractivity contribution in [2.75, 3.05) is 0 Å². The minimum absolute atomic E-state index is 0.358. The third kappa shape index (κ3) is 1.29. The van der Waals surface area contributed by atoms with Crippen molar-refractivity contribution in [1.82, 2.24) is 29.9 Å². The van der Waals surface area contributed by atoms with Crippen molar-refractivity contribution in [2.45, 2.75) is 6.10 Å².